The smallest absolute Gasteiger partial charge is 0.249 e. The molecular weight excluding hydrogens is 435 g/mol. The summed E-state index contributed by atoms with van der Waals surface area (Å²) >= 11 is 0. The molecule has 0 aliphatic carbocycles. The monoisotopic (exact) mass is 458 g/mol. The van der Waals surface area contributed by atoms with Crippen LogP contribution in [0.2, 0.25) is 0 Å². The Hall–Kier alpha value is -3.11. The summed E-state index contributed by atoms with van der Waals surface area (Å²) in [6.45, 7) is 1.96. The second kappa shape index (κ2) is 9.17. The molecule has 168 valence electrons. The minimum atomic E-state index is -3.80. The largest absolute Gasteiger partial charge is 0.343 e. The van der Waals surface area contributed by atoms with Crippen LogP contribution < -0.4 is 5.32 Å². The summed E-state index contributed by atoms with van der Waals surface area (Å²) in [5.74, 6) is -0.350. The number of carbonyl (C=O) groups is 1. The van der Waals surface area contributed by atoms with E-state index in [1.165, 1.54) is 40.7 Å². The van der Waals surface area contributed by atoms with Crippen molar-refractivity contribution in [1.82, 2.24) is 19.8 Å². The number of aromatic nitrogens is 2. The molecule has 10 heteroatoms. The molecule has 1 N–H and O–H groups in total. The number of halogens is 1. The van der Waals surface area contributed by atoms with E-state index in [0.29, 0.717) is 18.4 Å². The highest BCUT2D eigenvalue weighted by Gasteiger charge is 2.38. The molecule has 2 heterocycles. The Balaban J connectivity index is 1.49. The molecule has 2 atom stereocenters. The third-order valence-electron chi connectivity index (χ3n) is 5.38. The van der Waals surface area contributed by atoms with Crippen LogP contribution in [-0.4, -0.2) is 41.4 Å². The predicted molar refractivity (Wildman–Crippen MR) is 114 cm³/mol. The zero-order chi connectivity index (χ0) is 22.7. The van der Waals surface area contributed by atoms with Gasteiger partial charge in [-0.25, -0.2) is 12.8 Å². The maximum Gasteiger partial charge on any atom is 0.249 e. The summed E-state index contributed by atoms with van der Waals surface area (Å²) in [6, 6.07) is 12.3. The fourth-order valence-corrected chi connectivity index (χ4v) is 5.36. The average Bonchev–Trinajstić information content (AvgIpc) is 3.30. The zero-order valence-corrected chi connectivity index (χ0v) is 18.3. The number of benzene rings is 2. The van der Waals surface area contributed by atoms with Gasteiger partial charge in [0.25, 0.3) is 0 Å². The molecule has 0 spiro atoms. The first-order chi connectivity index (χ1) is 15.4. The van der Waals surface area contributed by atoms with Crippen LogP contribution in [0.25, 0.3) is 11.4 Å². The van der Waals surface area contributed by atoms with Crippen molar-refractivity contribution in [1.29, 1.82) is 0 Å². The van der Waals surface area contributed by atoms with Gasteiger partial charge in [0.2, 0.25) is 27.6 Å². The van der Waals surface area contributed by atoms with Crippen LogP contribution in [0.1, 0.15) is 38.1 Å². The van der Waals surface area contributed by atoms with Crippen molar-refractivity contribution in [2.75, 3.05) is 6.54 Å². The van der Waals surface area contributed by atoms with Gasteiger partial charge in [-0.2, -0.15) is 9.29 Å². The highest BCUT2D eigenvalue weighted by molar-refractivity contribution is 7.89. The van der Waals surface area contributed by atoms with Crippen LogP contribution in [0, 0.1) is 5.82 Å². The molecule has 0 saturated carbocycles. The van der Waals surface area contributed by atoms with Crippen LogP contribution in [0.15, 0.2) is 64.0 Å². The SMILES string of the molecule is CC(NC(=O)C1CCCCN1S(=O)(=O)c1ccccc1)c1nc(-c2ccc(F)cc2)no1. The zero-order valence-electron chi connectivity index (χ0n) is 17.4. The van der Waals surface area contributed by atoms with E-state index < -0.39 is 28.0 Å². The summed E-state index contributed by atoms with van der Waals surface area (Å²) in [7, 11) is -3.80. The van der Waals surface area contributed by atoms with Gasteiger partial charge in [-0.05, 0) is 56.2 Å². The number of nitrogens with one attached hydrogen (secondary N) is 1. The van der Waals surface area contributed by atoms with Crippen LogP contribution in [-0.2, 0) is 14.8 Å². The Kier molecular flexibility index (Phi) is 6.33. The molecule has 1 amide bonds. The summed E-state index contributed by atoms with van der Waals surface area (Å²) in [6.07, 6.45) is 1.87. The first kappa shape index (κ1) is 22.1. The van der Waals surface area contributed by atoms with E-state index in [2.05, 4.69) is 15.5 Å². The molecule has 1 fully saturated rings. The predicted octanol–water partition coefficient (Wildman–Crippen LogP) is 3.30. The molecule has 4 rings (SSSR count). The van der Waals surface area contributed by atoms with Crippen molar-refractivity contribution in [3.63, 3.8) is 0 Å². The van der Waals surface area contributed by atoms with Crippen molar-refractivity contribution in [3.8, 4) is 11.4 Å². The molecule has 2 unspecified atom stereocenters. The van der Waals surface area contributed by atoms with Crippen molar-refractivity contribution in [2.45, 2.75) is 43.2 Å². The lowest BCUT2D eigenvalue weighted by atomic mass is 10.0. The number of piperidine rings is 1. The number of sulfonamides is 1. The Bertz CT molecular complexity index is 1180. The molecule has 32 heavy (non-hydrogen) atoms. The number of amides is 1. The van der Waals surface area contributed by atoms with Gasteiger partial charge in [0.1, 0.15) is 17.9 Å². The van der Waals surface area contributed by atoms with Gasteiger partial charge >= 0.3 is 0 Å². The minimum Gasteiger partial charge on any atom is -0.343 e. The quantitative estimate of drug-likeness (QED) is 0.608. The second-order valence-corrected chi connectivity index (χ2v) is 9.52. The lowest BCUT2D eigenvalue weighted by Crippen LogP contribution is -2.52. The van der Waals surface area contributed by atoms with Gasteiger partial charge in [0.05, 0.1) is 4.90 Å². The normalized spacial score (nSPS) is 18.2. The Morgan fingerprint density at radius 1 is 1.16 bits per heavy atom. The maximum atomic E-state index is 13.1. The topological polar surface area (TPSA) is 105 Å². The summed E-state index contributed by atoms with van der Waals surface area (Å²) < 4.78 is 45.9. The maximum absolute atomic E-state index is 13.1. The Labute approximate surface area is 185 Å². The summed E-state index contributed by atoms with van der Waals surface area (Å²) in [5, 5.41) is 6.68. The van der Waals surface area contributed by atoms with Crippen LogP contribution in [0.5, 0.6) is 0 Å². The molecule has 8 nitrogen and oxygen atoms in total. The number of hydrogen-bond donors (Lipinski definition) is 1. The summed E-state index contributed by atoms with van der Waals surface area (Å²) in [5.41, 5.74) is 0.576. The number of hydrogen-bond acceptors (Lipinski definition) is 6. The van der Waals surface area contributed by atoms with Gasteiger partial charge in [-0.3, -0.25) is 4.79 Å². The highest BCUT2D eigenvalue weighted by Crippen LogP contribution is 2.26. The summed E-state index contributed by atoms with van der Waals surface area (Å²) in [4.78, 5) is 17.5. The van der Waals surface area contributed by atoms with E-state index in [-0.39, 0.29) is 29.0 Å². The fourth-order valence-electron chi connectivity index (χ4n) is 3.68. The van der Waals surface area contributed by atoms with E-state index in [1.807, 2.05) is 0 Å². The van der Waals surface area contributed by atoms with Gasteiger partial charge in [0, 0.05) is 12.1 Å². The molecule has 3 aromatic rings. The molecule has 0 radical (unpaired) electrons. The number of rotatable bonds is 6. The molecule has 1 saturated heterocycles. The van der Waals surface area contributed by atoms with E-state index in [9.17, 15) is 17.6 Å². The highest BCUT2D eigenvalue weighted by atomic mass is 32.2. The third kappa shape index (κ3) is 4.56. The van der Waals surface area contributed by atoms with Gasteiger partial charge in [-0.15, -0.1) is 0 Å². The van der Waals surface area contributed by atoms with Crippen molar-refractivity contribution in [2.24, 2.45) is 0 Å². The standard InChI is InChI=1S/C22H23FN4O4S/c1-15(22-25-20(26-31-22)16-10-12-17(23)13-11-16)24-21(28)19-9-5-6-14-27(19)32(29,30)18-7-3-2-4-8-18/h2-4,7-8,10-13,15,19H,5-6,9,14H2,1H3,(H,24,28). The first-order valence-electron chi connectivity index (χ1n) is 10.3. The van der Waals surface area contributed by atoms with Crippen LogP contribution in [0.4, 0.5) is 4.39 Å². The number of carbonyl (C=O) groups excluding carboxylic acids is 1. The Morgan fingerprint density at radius 2 is 1.88 bits per heavy atom. The van der Waals surface area contributed by atoms with E-state index in [4.69, 9.17) is 4.52 Å². The lowest BCUT2D eigenvalue weighted by molar-refractivity contribution is -0.126. The van der Waals surface area contributed by atoms with Gasteiger partial charge < -0.3 is 9.84 Å². The van der Waals surface area contributed by atoms with Crippen molar-refractivity contribution < 1.29 is 22.1 Å². The second-order valence-electron chi connectivity index (χ2n) is 7.63. The van der Waals surface area contributed by atoms with Crippen LogP contribution >= 0.6 is 0 Å². The molecule has 2 aromatic carbocycles. The molecular formula is C22H23FN4O4S. The lowest BCUT2D eigenvalue weighted by Gasteiger charge is -2.34. The van der Waals surface area contributed by atoms with E-state index in [1.54, 1.807) is 25.1 Å². The number of nitrogens with zero attached hydrogens (tertiary/aromatic N) is 3. The third-order valence-corrected chi connectivity index (χ3v) is 7.30. The molecule has 0 bridgehead atoms. The first-order valence-corrected chi connectivity index (χ1v) is 11.8. The van der Waals surface area contributed by atoms with E-state index >= 15 is 0 Å². The van der Waals surface area contributed by atoms with Crippen molar-refractivity contribution >= 4 is 15.9 Å². The van der Waals surface area contributed by atoms with E-state index in [0.717, 1.165) is 6.42 Å². The molecule has 1 aromatic heterocycles. The average molecular weight is 459 g/mol. The fraction of sp³-hybridized carbons (Fsp3) is 0.318. The minimum absolute atomic E-state index is 0.161. The van der Waals surface area contributed by atoms with Crippen LogP contribution in [0.3, 0.4) is 0 Å². The van der Waals surface area contributed by atoms with Crippen molar-refractivity contribution in [3.05, 3.63) is 66.3 Å². The molecule has 1 aliphatic rings. The molecule has 1 aliphatic heterocycles. The Morgan fingerprint density at radius 3 is 2.59 bits per heavy atom. The van der Waals surface area contributed by atoms with Gasteiger partial charge in [0.15, 0.2) is 0 Å². The van der Waals surface area contributed by atoms with Gasteiger partial charge in [-0.1, -0.05) is 29.8 Å².